The summed E-state index contributed by atoms with van der Waals surface area (Å²) in [6.07, 6.45) is -0.150. The molecular weight excluding hydrogens is 441 g/mol. The summed E-state index contributed by atoms with van der Waals surface area (Å²) in [5.74, 6) is 0.447. The van der Waals surface area contributed by atoms with E-state index in [0.29, 0.717) is 17.4 Å². The number of rotatable bonds is 5. The highest BCUT2D eigenvalue weighted by Crippen LogP contribution is 2.35. The van der Waals surface area contributed by atoms with Crippen LogP contribution in [0.15, 0.2) is 42.6 Å². The quantitative estimate of drug-likeness (QED) is 0.513. The summed E-state index contributed by atoms with van der Waals surface area (Å²) in [6.45, 7) is 3.34. The van der Waals surface area contributed by atoms with Crippen molar-refractivity contribution in [3.63, 3.8) is 0 Å². The molecule has 182 valence electrons. The van der Waals surface area contributed by atoms with Gasteiger partial charge < -0.3 is 20.9 Å². The predicted octanol–water partition coefficient (Wildman–Crippen LogP) is 4.95. The fourth-order valence-corrected chi connectivity index (χ4v) is 4.67. The van der Waals surface area contributed by atoms with Crippen LogP contribution in [-0.2, 0) is 6.18 Å². The van der Waals surface area contributed by atoms with Gasteiger partial charge in [0.05, 0.1) is 11.8 Å². The summed E-state index contributed by atoms with van der Waals surface area (Å²) in [5, 5.41) is 13.1. The van der Waals surface area contributed by atoms with E-state index in [1.165, 1.54) is 25.8 Å². The van der Waals surface area contributed by atoms with Gasteiger partial charge in [-0.3, -0.25) is 0 Å². The molecule has 2 atom stereocenters. The molecule has 2 aromatic carbocycles. The standard InChI is InChI=1S/C25H31F3N6/c1-16-20(8-6-9-22(16)25(26,27)28)23(29)31-24-21-13-18(11-10-17(21)14-30-32-24)34-12-5-4-7-19(15-34)33(2)3/h6,8-11,13-14,19,23H,4-5,7,12,15,29H2,1-3H3,(H,31,32)/t19?,23-/m0/s1. The SMILES string of the molecule is Cc1c([C@@H](N)Nc2nncc3ccc(N4CCCCC(N(C)C)C4)cc23)cccc1C(F)(F)F. The Hall–Kier alpha value is -2.91. The van der Waals surface area contributed by atoms with Crippen molar-refractivity contribution in [2.45, 2.75) is 44.6 Å². The van der Waals surface area contributed by atoms with Crippen molar-refractivity contribution in [1.82, 2.24) is 15.1 Å². The van der Waals surface area contributed by atoms with Gasteiger partial charge in [0.2, 0.25) is 0 Å². The molecule has 34 heavy (non-hydrogen) atoms. The molecule has 1 aliphatic rings. The fourth-order valence-electron chi connectivity index (χ4n) is 4.67. The van der Waals surface area contributed by atoms with E-state index in [1.807, 2.05) is 6.07 Å². The Labute approximate surface area is 197 Å². The molecule has 0 amide bonds. The first-order valence-corrected chi connectivity index (χ1v) is 11.5. The van der Waals surface area contributed by atoms with E-state index < -0.39 is 17.9 Å². The Morgan fingerprint density at radius 2 is 1.97 bits per heavy atom. The van der Waals surface area contributed by atoms with E-state index in [4.69, 9.17) is 5.73 Å². The highest BCUT2D eigenvalue weighted by Gasteiger charge is 2.33. The summed E-state index contributed by atoms with van der Waals surface area (Å²) < 4.78 is 40.1. The van der Waals surface area contributed by atoms with E-state index in [0.717, 1.165) is 42.0 Å². The Morgan fingerprint density at radius 1 is 1.18 bits per heavy atom. The molecule has 0 aliphatic carbocycles. The summed E-state index contributed by atoms with van der Waals surface area (Å²) in [7, 11) is 4.23. The van der Waals surface area contributed by atoms with Gasteiger partial charge in [-0.1, -0.05) is 24.6 Å². The van der Waals surface area contributed by atoms with Crippen LogP contribution in [0.25, 0.3) is 10.8 Å². The average Bonchev–Trinajstić information content (AvgIpc) is 3.05. The second kappa shape index (κ2) is 9.76. The van der Waals surface area contributed by atoms with E-state index in [9.17, 15) is 13.2 Å². The normalized spacial score (nSPS) is 18.2. The number of halogens is 3. The zero-order valence-corrected chi connectivity index (χ0v) is 19.7. The van der Waals surface area contributed by atoms with Crippen molar-refractivity contribution in [2.75, 3.05) is 37.4 Å². The first kappa shape index (κ1) is 24.2. The van der Waals surface area contributed by atoms with Gasteiger partial charge in [-0.2, -0.15) is 18.3 Å². The zero-order chi connectivity index (χ0) is 24.5. The predicted molar refractivity (Wildman–Crippen MR) is 130 cm³/mol. The van der Waals surface area contributed by atoms with Crippen LogP contribution in [0.4, 0.5) is 24.7 Å². The van der Waals surface area contributed by atoms with Gasteiger partial charge in [-0.05, 0) is 63.2 Å². The lowest BCUT2D eigenvalue weighted by Gasteiger charge is -2.30. The van der Waals surface area contributed by atoms with Gasteiger partial charge >= 0.3 is 6.18 Å². The maximum Gasteiger partial charge on any atom is 0.416 e. The number of benzene rings is 2. The number of anilines is 2. The molecule has 3 N–H and O–H groups in total. The lowest BCUT2D eigenvalue weighted by molar-refractivity contribution is -0.138. The molecule has 1 aliphatic heterocycles. The van der Waals surface area contributed by atoms with Crippen molar-refractivity contribution in [3.8, 4) is 0 Å². The largest absolute Gasteiger partial charge is 0.416 e. The van der Waals surface area contributed by atoms with Gasteiger partial charge in [-0.15, -0.1) is 5.10 Å². The van der Waals surface area contributed by atoms with Crippen molar-refractivity contribution >= 4 is 22.3 Å². The Kier molecular flexibility index (Phi) is 6.95. The van der Waals surface area contributed by atoms with Crippen LogP contribution < -0.4 is 16.0 Å². The first-order chi connectivity index (χ1) is 16.1. The van der Waals surface area contributed by atoms with Gasteiger partial charge in [-0.25, -0.2) is 0 Å². The van der Waals surface area contributed by atoms with Gasteiger partial charge in [0.25, 0.3) is 0 Å². The molecule has 1 saturated heterocycles. The lowest BCUT2D eigenvalue weighted by Crippen LogP contribution is -2.39. The number of nitrogens with zero attached hydrogens (tertiary/aromatic N) is 4. The van der Waals surface area contributed by atoms with Crippen molar-refractivity contribution in [1.29, 1.82) is 0 Å². The Balaban J connectivity index is 1.65. The van der Waals surface area contributed by atoms with Gasteiger partial charge in [0.1, 0.15) is 6.17 Å². The molecule has 2 heterocycles. The number of nitrogens with one attached hydrogen (secondary N) is 1. The number of likely N-dealkylation sites (N-methyl/N-ethyl adjacent to an activating group) is 1. The number of aromatic nitrogens is 2. The topological polar surface area (TPSA) is 70.3 Å². The number of fused-ring (bicyclic) bond motifs is 1. The minimum Gasteiger partial charge on any atom is -0.370 e. The highest BCUT2D eigenvalue weighted by atomic mass is 19.4. The molecule has 1 unspecified atom stereocenters. The fraction of sp³-hybridized carbons (Fsp3) is 0.440. The lowest BCUT2D eigenvalue weighted by atomic mass is 10.00. The highest BCUT2D eigenvalue weighted by molar-refractivity contribution is 5.93. The zero-order valence-electron chi connectivity index (χ0n) is 19.7. The molecule has 0 radical (unpaired) electrons. The molecule has 9 heteroatoms. The van der Waals surface area contributed by atoms with Crippen LogP contribution in [0.1, 0.15) is 42.1 Å². The van der Waals surface area contributed by atoms with Gasteiger partial charge in [0, 0.05) is 35.6 Å². The Morgan fingerprint density at radius 3 is 2.71 bits per heavy atom. The summed E-state index contributed by atoms with van der Waals surface area (Å²) in [6, 6.07) is 10.7. The van der Waals surface area contributed by atoms with Crippen LogP contribution >= 0.6 is 0 Å². The van der Waals surface area contributed by atoms with Crippen molar-refractivity contribution in [3.05, 3.63) is 59.3 Å². The van der Waals surface area contributed by atoms with E-state index in [2.05, 4.69) is 51.5 Å². The molecule has 6 nitrogen and oxygen atoms in total. The summed E-state index contributed by atoms with van der Waals surface area (Å²) in [5.41, 5.74) is 7.18. The second-order valence-corrected chi connectivity index (χ2v) is 9.16. The average molecular weight is 473 g/mol. The van der Waals surface area contributed by atoms with Crippen molar-refractivity contribution < 1.29 is 13.2 Å². The minimum atomic E-state index is -4.44. The maximum atomic E-state index is 13.4. The summed E-state index contributed by atoms with van der Waals surface area (Å²) in [4.78, 5) is 4.66. The number of nitrogens with two attached hydrogens (primary N) is 1. The third kappa shape index (κ3) is 5.10. The molecule has 0 saturated carbocycles. The monoisotopic (exact) mass is 472 g/mol. The van der Waals surface area contributed by atoms with Crippen LogP contribution in [0, 0.1) is 6.92 Å². The van der Waals surface area contributed by atoms with Crippen LogP contribution in [0.2, 0.25) is 0 Å². The van der Waals surface area contributed by atoms with Crippen LogP contribution in [-0.4, -0.2) is 48.3 Å². The first-order valence-electron chi connectivity index (χ1n) is 11.5. The molecule has 1 fully saturated rings. The number of alkyl halides is 3. The third-order valence-corrected chi connectivity index (χ3v) is 6.70. The molecule has 4 rings (SSSR count). The second-order valence-electron chi connectivity index (χ2n) is 9.16. The van der Waals surface area contributed by atoms with E-state index >= 15 is 0 Å². The third-order valence-electron chi connectivity index (χ3n) is 6.70. The number of hydrogen-bond acceptors (Lipinski definition) is 6. The molecule has 1 aromatic heterocycles. The van der Waals surface area contributed by atoms with Crippen LogP contribution in [0.5, 0.6) is 0 Å². The minimum absolute atomic E-state index is 0.100. The molecule has 0 bridgehead atoms. The maximum absolute atomic E-state index is 13.4. The summed E-state index contributed by atoms with van der Waals surface area (Å²) >= 11 is 0. The molecular formula is C25H31F3N6. The molecule has 3 aromatic rings. The van der Waals surface area contributed by atoms with E-state index in [-0.39, 0.29) is 5.56 Å². The Bertz CT molecular complexity index is 1150. The number of hydrogen-bond donors (Lipinski definition) is 2. The smallest absolute Gasteiger partial charge is 0.370 e. The molecule has 0 spiro atoms. The van der Waals surface area contributed by atoms with Crippen LogP contribution in [0.3, 0.4) is 0 Å². The van der Waals surface area contributed by atoms with Crippen molar-refractivity contribution in [2.24, 2.45) is 5.73 Å². The van der Waals surface area contributed by atoms with Gasteiger partial charge in [0.15, 0.2) is 5.82 Å². The van der Waals surface area contributed by atoms with E-state index in [1.54, 1.807) is 12.3 Å².